The van der Waals surface area contributed by atoms with Crippen molar-refractivity contribution in [3.63, 3.8) is 0 Å². The van der Waals surface area contributed by atoms with Crippen LogP contribution in [0.1, 0.15) is 89.0 Å². The molecule has 133 heavy (non-hydrogen) atoms. The fourth-order valence-corrected chi connectivity index (χ4v) is 40.0. The van der Waals surface area contributed by atoms with Crippen LogP contribution < -0.4 is 67.4 Å². The van der Waals surface area contributed by atoms with Gasteiger partial charge in [-0.25, -0.2) is 9.97 Å². The van der Waals surface area contributed by atoms with Crippen molar-refractivity contribution in [2.75, 3.05) is 0 Å². The second-order valence-electron chi connectivity index (χ2n) is 29.6. The Morgan fingerprint density at radius 2 is 0.398 bits per heavy atom. The van der Waals surface area contributed by atoms with Gasteiger partial charge < -0.3 is 0 Å². The summed E-state index contributed by atoms with van der Waals surface area (Å²) < 4.78 is 8.18. The van der Waals surface area contributed by atoms with E-state index in [1.165, 1.54) is 119 Å². The van der Waals surface area contributed by atoms with Gasteiger partial charge in [-0.3, -0.25) is 4.98 Å². The molecule has 680 valence electrons. The SMILES string of the molecule is Brc1cccc(-c2ccc(-c3ccccn3)nn2)n1.Brc1cccc(Br)n1.C.C.C.C.CCC[CH2][Sn]([CH2]CCC)([CH2]CCC)[c]1ccc(-c2ccccn2)nn1.[Pd].c1ccc(P(c2ccccc2)c2ccccc2)cc1.c1ccc(P(c2ccccc2)c2ccccc2)cc1.c1ccc(P(c2ccccc2)c2ccccc2)cc1.c1ccc(P(c2ccccc2)c2ccccc2)cc1. The number of hydrogen-bond donors (Lipinski definition) is 0. The van der Waals surface area contributed by atoms with Crippen LogP contribution in [0.3, 0.4) is 0 Å². The summed E-state index contributed by atoms with van der Waals surface area (Å²) in [6.45, 7) is 6.93. The molecular formula is C116H121Br3N8P4PdSn. The summed E-state index contributed by atoms with van der Waals surface area (Å²) in [7, 11) is -1.78. The van der Waals surface area contributed by atoms with Crippen LogP contribution in [0.4, 0.5) is 0 Å². The number of halogens is 3. The van der Waals surface area contributed by atoms with Crippen molar-refractivity contribution < 1.29 is 20.4 Å². The van der Waals surface area contributed by atoms with E-state index in [4.69, 9.17) is 5.10 Å². The molecule has 0 aliphatic heterocycles. The molecule has 17 heteroatoms. The zero-order valence-electron chi connectivity index (χ0n) is 72.7. The third kappa shape index (κ3) is 35.3. The van der Waals surface area contributed by atoms with Crippen LogP contribution in [0, 0.1) is 0 Å². The van der Waals surface area contributed by atoms with Crippen molar-refractivity contribution in [3.8, 4) is 34.2 Å². The number of aromatic nitrogens is 8. The Morgan fingerprint density at radius 1 is 0.203 bits per heavy atom. The van der Waals surface area contributed by atoms with Crippen LogP contribution >= 0.6 is 79.5 Å². The molecule has 6 aromatic heterocycles. The number of rotatable bonds is 25. The minimum Gasteiger partial charge on any atom is -0.0622 e. The van der Waals surface area contributed by atoms with Crippen LogP contribution in [0.25, 0.3) is 34.2 Å². The molecule has 18 rings (SSSR count). The molecular weight excluding hydrogens is 2090 g/mol. The van der Waals surface area contributed by atoms with Gasteiger partial charge in [-0.2, -0.15) is 0 Å². The number of pyridine rings is 4. The molecule has 0 aliphatic rings. The van der Waals surface area contributed by atoms with Crippen LogP contribution in [0.15, 0.2) is 487 Å². The Morgan fingerprint density at radius 3 is 0.579 bits per heavy atom. The van der Waals surface area contributed by atoms with Crippen molar-refractivity contribution in [1.29, 1.82) is 0 Å². The molecule has 12 aromatic carbocycles. The summed E-state index contributed by atoms with van der Waals surface area (Å²) in [6, 6.07) is 161. The van der Waals surface area contributed by atoms with E-state index in [0.29, 0.717) is 0 Å². The van der Waals surface area contributed by atoms with Gasteiger partial charge in [0.25, 0.3) is 0 Å². The van der Waals surface area contributed by atoms with Gasteiger partial charge in [0.05, 0.1) is 11.4 Å². The maximum atomic E-state index is 4.79. The quantitative estimate of drug-likeness (QED) is 0.0317. The third-order valence-corrected chi connectivity index (χ3v) is 46.8. The van der Waals surface area contributed by atoms with Crippen molar-refractivity contribution in [1.82, 2.24) is 40.3 Å². The molecule has 18 aromatic rings. The molecule has 0 atom stereocenters. The van der Waals surface area contributed by atoms with Crippen LogP contribution in [-0.2, 0) is 20.4 Å². The van der Waals surface area contributed by atoms with E-state index in [9.17, 15) is 0 Å². The van der Waals surface area contributed by atoms with Gasteiger partial charge in [0.1, 0.15) is 25.2 Å². The van der Waals surface area contributed by atoms with E-state index in [1.807, 2.05) is 91.1 Å². The molecule has 0 amide bonds. The molecule has 0 saturated heterocycles. The standard InChI is InChI=1S/4C18H15P.C14H9BrN4.C9H6N3.C5H3Br2N.3C4H9.4CH4.Pd.Sn/c4*1-4-10-16(11-5-1)19(17-12-6-2-7-13-17)18-14-8-3-9-15-18;15-14-6-3-5-11(17-14)13-8-7-12(18-19-13)10-4-1-2-9-16-10;1-2-6-10-8(4-1)9-5-3-7-11-12-9;6-4-2-1-3-5(7)8-4;3*1-3-4-2;;;;;;/h4*1-15H;1-9H;1-6H;1-3H;3*1,3-4H2,2H3;4*1H4;;. The molecule has 0 radical (unpaired) electrons. The molecule has 0 spiro atoms. The summed E-state index contributed by atoms with van der Waals surface area (Å²) in [4.78, 5) is 17.0. The Hall–Kier alpha value is -9.98. The van der Waals surface area contributed by atoms with E-state index in [2.05, 4.69) is 480 Å². The number of unbranched alkanes of at least 4 members (excludes halogenated alkanes) is 3. The predicted molar refractivity (Wildman–Crippen MR) is 593 cm³/mol. The maximum Gasteiger partial charge on any atom is 0 e. The second kappa shape index (κ2) is 62.6. The monoisotopic (exact) mass is 2210 g/mol. The van der Waals surface area contributed by atoms with Crippen molar-refractivity contribution in [2.24, 2.45) is 0 Å². The van der Waals surface area contributed by atoms with E-state index >= 15 is 0 Å². The normalized spacial score (nSPS) is 10.3. The number of hydrogen-bond acceptors (Lipinski definition) is 8. The number of benzene rings is 12. The van der Waals surface area contributed by atoms with E-state index in [0.717, 1.165) is 48.0 Å². The van der Waals surface area contributed by atoms with E-state index < -0.39 is 50.1 Å². The maximum absolute atomic E-state index is 4.79. The zero-order valence-corrected chi connectivity index (χ0v) is 85.5. The molecule has 0 fully saturated rings. The van der Waals surface area contributed by atoms with Gasteiger partial charge in [0.2, 0.25) is 0 Å². The van der Waals surface area contributed by atoms with Crippen molar-refractivity contribution in [2.45, 2.75) is 102 Å². The topological polar surface area (TPSA) is 103 Å². The first-order valence-corrected chi connectivity index (χ1v) is 58.6. The Bertz CT molecular complexity index is 5160. The van der Waals surface area contributed by atoms with Crippen LogP contribution in [0.5, 0.6) is 0 Å². The summed E-state index contributed by atoms with van der Waals surface area (Å²) in [6.07, 6.45) is 11.5. The smallest absolute Gasteiger partial charge is 0 e. The molecule has 0 aliphatic carbocycles. The zero-order chi connectivity index (χ0) is 88.7. The average Bonchev–Trinajstić information content (AvgIpc) is 0.823. The summed E-state index contributed by atoms with van der Waals surface area (Å²) in [5.41, 5.74) is 4.89. The van der Waals surface area contributed by atoms with Crippen molar-refractivity contribution >= 4 is 165 Å². The first-order valence-electron chi connectivity index (χ1n) is 43.4. The van der Waals surface area contributed by atoms with Gasteiger partial charge in [-0.15, -0.1) is 10.2 Å². The minimum absolute atomic E-state index is 0. The van der Waals surface area contributed by atoms with Gasteiger partial charge in [0, 0.05) is 26.6 Å². The average molecular weight is 2220 g/mol. The van der Waals surface area contributed by atoms with Crippen molar-refractivity contribution in [3.05, 3.63) is 487 Å². The summed E-state index contributed by atoms with van der Waals surface area (Å²) in [5.74, 6) is 0. The fraction of sp³-hybridized carbons (Fsp3) is 0.138. The first kappa shape index (κ1) is 110. The van der Waals surface area contributed by atoms with Crippen LogP contribution in [0.2, 0.25) is 13.3 Å². The molecule has 0 unspecified atom stereocenters. The Labute approximate surface area is 841 Å². The van der Waals surface area contributed by atoms with Gasteiger partial charge >= 0.3 is 158 Å². The second-order valence-corrected chi connectivity index (χ2v) is 54.0. The van der Waals surface area contributed by atoms with E-state index in [1.54, 1.807) is 6.20 Å². The third-order valence-electron chi connectivity index (χ3n) is 20.6. The first-order chi connectivity index (χ1) is 63.2. The number of nitrogens with zero attached hydrogens (tertiary/aromatic N) is 8. The molecule has 0 N–H and O–H groups in total. The largest absolute Gasteiger partial charge is 0.0622 e. The molecule has 0 bridgehead atoms. The molecule has 0 saturated carbocycles. The van der Waals surface area contributed by atoms with Gasteiger partial charge in [-0.1, -0.05) is 412 Å². The Balaban J connectivity index is 0.000000213. The minimum atomic E-state index is -2.45. The summed E-state index contributed by atoms with van der Waals surface area (Å²) >= 11 is 7.34. The summed E-state index contributed by atoms with van der Waals surface area (Å²) in [5, 5.41) is 34.5. The van der Waals surface area contributed by atoms with E-state index in [-0.39, 0.29) is 50.1 Å². The van der Waals surface area contributed by atoms with Crippen LogP contribution in [-0.4, -0.2) is 58.7 Å². The fourth-order valence-electron chi connectivity index (χ4n) is 14.3. The molecule has 8 nitrogen and oxygen atoms in total. The van der Waals surface area contributed by atoms with Gasteiger partial charge in [-0.05, 0) is 192 Å². The van der Waals surface area contributed by atoms with Gasteiger partial charge in [0.15, 0.2) is 0 Å². The Kier molecular flexibility index (Phi) is 51.8. The predicted octanol–water partition coefficient (Wildman–Crippen LogP) is 27.9. The molecule has 6 heterocycles.